The molecule has 108 valence electrons. The molecule has 1 aromatic heterocycles. The number of hydrogen-bond acceptors (Lipinski definition) is 3. The van der Waals surface area contributed by atoms with Crippen LogP contribution in [0, 0.1) is 6.92 Å². The average molecular weight is 338 g/mol. The molecule has 1 aromatic carbocycles. The highest BCUT2D eigenvalue weighted by Crippen LogP contribution is 2.29. The van der Waals surface area contributed by atoms with Crippen LogP contribution in [0.2, 0.25) is 0 Å². The van der Waals surface area contributed by atoms with Crippen molar-refractivity contribution in [3.05, 3.63) is 45.7 Å². The van der Waals surface area contributed by atoms with Crippen LogP contribution in [0.25, 0.3) is 0 Å². The molecule has 20 heavy (non-hydrogen) atoms. The molecule has 0 radical (unpaired) electrons. The highest BCUT2D eigenvalue weighted by molar-refractivity contribution is 9.10. The van der Waals surface area contributed by atoms with Crippen LogP contribution < -0.4 is 10.5 Å². The summed E-state index contributed by atoms with van der Waals surface area (Å²) >= 11 is 3.54. The molecular formula is C15H20BrN3O. The van der Waals surface area contributed by atoms with Crippen molar-refractivity contribution in [3.63, 3.8) is 0 Å². The maximum absolute atomic E-state index is 6.42. The lowest BCUT2D eigenvalue weighted by Gasteiger charge is -2.16. The number of ether oxygens (including phenoxy) is 1. The number of halogens is 1. The van der Waals surface area contributed by atoms with E-state index in [9.17, 15) is 0 Å². The zero-order valence-electron chi connectivity index (χ0n) is 12.1. The lowest BCUT2D eigenvalue weighted by molar-refractivity contribution is 0.411. The number of benzene rings is 1. The van der Waals surface area contributed by atoms with E-state index in [1.807, 2.05) is 23.7 Å². The van der Waals surface area contributed by atoms with Crippen LogP contribution in [-0.2, 0) is 6.54 Å². The Bertz CT molecular complexity index is 595. The van der Waals surface area contributed by atoms with Gasteiger partial charge in [0.25, 0.3) is 0 Å². The molecule has 1 unspecified atom stereocenters. The Labute approximate surface area is 128 Å². The van der Waals surface area contributed by atoms with E-state index in [-0.39, 0.29) is 6.04 Å². The fourth-order valence-electron chi connectivity index (χ4n) is 2.32. The summed E-state index contributed by atoms with van der Waals surface area (Å²) in [4.78, 5) is 0. The summed E-state index contributed by atoms with van der Waals surface area (Å²) in [5, 5.41) is 4.37. The van der Waals surface area contributed by atoms with Crippen LogP contribution in [0.4, 0.5) is 0 Å². The van der Waals surface area contributed by atoms with E-state index in [4.69, 9.17) is 10.5 Å². The second kappa shape index (κ2) is 6.41. The van der Waals surface area contributed by atoms with Gasteiger partial charge >= 0.3 is 0 Å². The van der Waals surface area contributed by atoms with Gasteiger partial charge in [-0.2, -0.15) is 5.10 Å². The molecule has 4 nitrogen and oxygen atoms in total. The monoisotopic (exact) mass is 337 g/mol. The highest BCUT2D eigenvalue weighted by Gasteiger charge is 2.18. The van der Waals surface area contributed by atoms with E-state index in [0.717, 1.165) is 40.0 Å². The normalized spacial score (nSPS) is 12.4. The highest BCUT2D eigenvalue weighted by atomic mass is 79.9. The molecule has 0 fully saturated rings. The minimum absolute atomic E-state index is 0.206. The van der Waals surface area contributed by atoms with Crippen LogP contribution in [0.1, 0.15) is 36.2 Å². The van der Waals surface area contributed by atoms with E-state index < -0.39 is 0 Å². The van der Waals surface area contributed by atoms with Gasteiger partial charge in [0.05, 0.1) is 29.5 Å². The first-order valence-corrected chi connectivity index (χ1v) is 7.49. The van der Waals surface area contributed by atoms with Crippen molar-refractivity contribution in [2.75, 3.05) is 7.11 Å². The number of nitrogens with zero attached hydrogens (tertiary/aromatic N) is 2. The van der Waals surface area contributed by atoms with Crippen molar-refractivity contribution in [2.24, 2.45) is 5.73 Å². The zero-order chi connectivity index (χ0) is 14.7. The van der Waals surface area contributed by atoms with Crippen LogP contribution in [0.3, 0.4) is 0 Å². The smallest absolute Gasteiger partial charge is 0.121 e. The average Bonchev–Trinajstić information content (AvgIpc) is 2.79. The lowest BCUT2D eigenvalue weighted by atomic mass is 10.0. The van der Waals surface area contributed by atoms with Crippen molar-refractivity contribution in [1.82, 2.24) is 9.78 Å². The molecule has 1 atom stereocenters. The third-order valence-corrected chi connectivity index (χ3v) is 3.95. The molecule has 2 rings (SSSR count). The Morgan fingerprint density at radius 2 is 2.20 bits per heavy atom. The first kappa shape index (κ1) is 15.1. The van der Waals surface area contributed by atoms with E-state index in [1.165, 1.54) is 0 Å². The van der Waals surface area contributed by atoms with Gasteiger partial charge < -0.3 is 10.5 Å². The Kier molecular flexibility index (Phi) is 4.83. The Balaban J connectivity index is 2.38. The number of aryl methyl sites for hydroxylation is 2. The molecule has 5 heteroatoms. The summed E-state index contributed by atoms with van der Waals surface area (Å²) < 4.78 is 8.21. The summed E-state index contributed by atoms with van der Waals surface area (Å²) in [5.41, 5.74) is 9.57. The Morgan fingerprint density at radius 3 is 2.80 bits per heavy atom. The van der Waals surface area contributed by atoms with E-state index >= 15 is 0 Å². The van der Waals surface area contributed by atoms with Gasteiger partial charge in [-0.3, -0.25) is 4.68 Å². The summed E-state index contributed by atoms with van der Waals surface area (Å²) in [7, 11) is 1.68. The van der Waals surface area contributed by atoms with Crippen LogP contribution >= 0.6 is 15.9 Å². The lowest BCUT2D eigenvalue weighted by Crippen LogP contribution is -2.18. The van der Waals surface area contributed by atoms with Crippen molar-refractivity contribution in [3.8, 4) is 5.75 Å². The molecular weight excluding hydrogens is 318 g/mol. The van der Waals surface area contributed by atoms with Gasteiger partial charge in [0.15, 0.2) is 0 Å². The SMILES string of the molecule is CCCn1ncc(Br)c1C(N)c1ccc(OC)c(C)c1. The number of hydrogen-bond donors (Lipinski definition) is 1. The Hall–Kier alpha value is -1.33. The van der Waals surface area contributed by atoms with Crippen LogP contribution in [-0.4, -0.2) is 16.9 Å². The van der Waals surface area contributed by atoms with Gasteiger partial charge in [-0.15, -0.1) is 0 Å². The number of aromatic nitrogens is 2. The molecule has 0 spiro atoms. The quantitative estimate of drug-likeness (QED) is 0.909. The van der Waals surface area contributed by atoms with Gasteiger partial charge in [-0.1, -0.05) is 19.1 Å². The third-order valence-electron chi connectivity index (χ3n) is 3.34. The first-order chi connectivity index (χ1) is 9.58. The van der Waals surface area contributed by atoms with Gasteiger partial charge in [0, 0.05) is 6.54 Å². The second-order valence-electron chi connectivity index (χ2n) is 4.81. The van der Waals surface area contributed by atoms with Crippen molar-refractivity contribution >= 4 is 15.9 Å². The number of nitrogens with two attached hydrogens (primary N) is 1. The van der Waals surface area contributed by atoms with Gasteiger partial charge in [-0.05, 0) is 46.5 Å². The minimum atomic E-state index is -0.206. The molecule has 0 bridgehead atoms. The molecule has 0 aliphatic carbocycles. The van der Waals surface area contributed by atoms with E-state index in [2.05, 4.69) is 34.0 Å². The summed E-state index contributed by atoms with van der Waals surface area (Å²) in [6.45, 7) is 5.01. The molecule has 2 N–H and O–H groups in total. The second-order valence-corrected chi connectivity index (χ2v) is 5.66. The zero-order valence-corrected chi connectivity index (χ0v) is 13.6. The molecule has 0 aliphatic rings. The van der Waals surface area contributed by atoms with Gasteiger partial charge in [0.1, 0.15) is 5.75 Å². The maximum Gasteiger partial charge on any atom is 0.121 e. The fraction of sp³-hybridized carbons (Fsp3) is 0.400. The number of methoxy groups -OCH3 is 1. The van der Waals surface area contributed by atoms with E-state index in [0.29, 0.717) is 0 Å². The summed E-state index contributed by atoms with van der Waals surface area (Å²) in [6, 6.07) is 5.83. The Morgan fingerprint density at radius 1 is 1.45 bits per heavy atom. The molecule has 0 aliphatic heterocycles. The molecule has 0 saturated heterocycles. The predicted octanol–water partition coefficient (Wildman–Crippen LogP) is 3.42. The molecule has 1 heterocycles. The van der Waals surface area contributed by atoms with Crippen molar-refractivity contribution < 1.29 is 4.74 Å². The minimum Gasteiger partial charge on any atom is -0.496 e. The van der Waals surface area contributed by atoms with Crippen molar-refractivity contribution in [2.45, 2.75) is 32.9 Å². The number of rotatable bonds is 5. The fourth-order valence-corrected chi connectivity index (χ4v) is 2.87. The molecule has 2 aromatic rings. The van der Waals surface area contributed by atoms with Crippen molar-refractivity contribution in [1.29, 1.82) is 0 Å². The van der Waals surface area contributed by atoms with E-state index in [1.54, 1.807) is 13.3 Å². The standard InChI is InChI=1S/C15H20BrN3O/c1-4-7-19-15(12(16)9-18-19)14(17)11-5-6-13(20-3)10(2)8-11/h5-6,8-9,14H,4,7,17H2,1-3H3. The topological polar surface area (TPSA) is 53.1 Å². The first-order valence-electron chi connectivity index (χ1n) is 6.69. The van der Waals surface area contributed by atoms with Gasteiger partial charge in [-0.25, -0.2) is 0 Å². The van der Waals surface area contributed by atoms with Gasteiger partial charge in [0.2, 0.25) is 0 Å². The largest absolute Gasteiger partial charge is 0.496 e. The summed E-state index contributed by atoms with van der Waals surface area (Å²) in [6.07, 6.45) is 2.83. The predicted molar refractivity (Wildman–Crippen MR) is 84.0 cm³/mol. The molecule has 0 amide bonds. The summed E-state index contributed by atoms with van der Waals surface area (Å²) in [5.74, 6) is 0.877. The van der Waals surface area contributed by atoms with Crippen LogP contribution in [0.5, 0.6) is 5.75 Å². The third kappa shape index (κ3) is 2.88. The molecule has 0 saturated carbocycles. The van der Waals surface area contributed by atoms with Crippen LogP contribution in [0.15, 0.2) is 28.9 Å². The maximum atomic E-state index is 6.42.